The fourth-order valence-corrected chi connectivity index (χ4v) is 3.73. The highest BCUT2D eigenvalue weighted by molar-refractivity contribution is 5.76. The summed E-state index contributed by atoms with van der Waals surface area (Å²) in [6.45, 7) is 5.56. The van der Waals surface area contributed by atoms with Gasteiger partial charge in [0.1, 0.15) is 0 Å². The molecule has 2 aliphatic rings. The van der Waals surface area contributed by atoms with E-state index in [0.29, 0.717) is 12.3 Å². The number of pyridine rings is 1. The summed E-state index contributed by atoms with van der Waals surface area (Å²) in [4.78, 5) is 19.5. The molecule has 1 saturated heterocycles. The molecule has 1 atom stereocenters. The van der Waals surface area contributed by atoms with Gasteiger partial charge in [0.15, 0.2) is 0 Å². The van der Waals surface area contributed by atoms with Gasteiger partial charge in [0.05, 0.1) is 11.7 Å². The van der Waals surface area contributed by atoms with E-state index in [2.05, 4.69) is 28.2 Å². The number of aromatic nitrogens is 1. The van der Waals surface area contributed by atoms with Crippen molar-refractivity contribution < 1.29 is 4.79 Å². The predicted molar refractivity (Wildman–Crippen MR) is 96.7 cm³/mol. The zero-order valence-electron chi connectivity index (χ0n) is 15.0. The van der Waals surface area contributed by atoms with Crippen LogP contribution in [-0.4, -0.2) is 35.4 Å². The maximum atomic E-state index is 12.4. The van der Waals surface area contributed by atoms with Gasteiger partial charge in [-0.15, -0.1) is 0 Å². The summed E-state index contributed by atoms with van der Waals surface area (Å²) < 4.78 is 0. The Hall–Kier alpha value is -1.42. The van der Waals surface area contributed by atoms with Crippen molar-refractivity contribution in [3.05, 3.63) is 29.6 Å². The third kappa shape index (κ3) is 5.04. The van der Waals surface area contributed by atoms with Gasteiger partial charge in [-0.2, -0.15) is 0 Å². The van der Waals surface area contributed by atoms with Gasteiger partial charge in [-0.3, -0.25) is 9.78 Å². The van der Waals surface area contributed by atoms with Crippen LogP contribution in [-0.2, 0) is 4.79 Å². The molecular weight excluding hydrogens is 298 g/mol. The summed E-state index contributed by atoms with van der Waals surface area (Å²) in [6.07, 6.45) is 11.2. The van der Waals surface area contributed by atoms with Crippen molar-refractivity contribution in [3.63, 3.8) is 0 Å². The zero-order valence-corrected chi connectivity index (χ0v) is 15.0. The lowest BCUT2D eigenvalue weighted by Crippen LogP contribution is -2.32. The van der Waals surface area contributed by atoms with Crippen molar-refractivity contribution in [1.29, 1.82) is 0 Å². The van der Waals surface area contributed by atoms with Crippen LogP contribution in [0.3, 0.4) is 0 Å². The number of rotatable bonds is 7. The van der Waals surface area contributed by atoms with E-state index < -0.39 is 0 Å². The van der Waals surface area contributed by atoms with Crippen molar-refractivity contribution in [3.8, 4) is 0 Å². The first-order valence-electron chi connectivity index (χ1n) is 9.67. The quantitative estimate of drug-likeness (QED) is 0.831. The van der Waals surface area contributed by atoms with Crippen molar-refractivity contribution in [2.45, 2.75) is 64.3 Å². The molecule has 1 saturated carbocycles. The van der Waals surface area contributed by atoms with Crippen LogP contribution in [0.1, 0.15) is 68.7 Å². The van der Waals surface area contributed by atoms with E-state index in [-0.39, 0.29) is 11.9 Å². The average Bonchev–Trinajstić information content (AvgIpc) is 3.41. The third-order valence-electron chi connectivity index (χ3n) is 5.33. The van der Waals surface area contributed by atoms with E-state index >= 15 is 0 Å². The second-order valence-corrected chi connectivity index (χ2v) is 7.45. The first-order valence-corrected chi connectivity index (χ1v) is 9.67. The van der Waals surface area contributed by atoms with E-state index in [4.69, 9.17) is 0 Å². The van der Waals surface area contributed by atoms with Crippen molar-refractivity contribution in [1.82, 2.24) is 15.2 Å². The van der Waals surface area contributed by atoms with Crippen LogP contribution in [0.4, 0.5) is 0 Å². The topological polar surface area (TPSA) is 45.2 Å². The lowest BCUT2D eigenvalue weighted by Gasteiger charge is -2.21. The molecule has 2 fully saturated rings. The minimum atomic E-state index is 0.108. The van der Waals surface area contributed by atoms with Crippen molar-refractivity contribution in [2.75, 3.05) is 19.6 Å². The number of carbonyl (C=O) groups excluding carboxylic acids is 1. The minimum Gasteiger partial charge on any atom is -0.347 e. The van der Waals surface area contributed by atoms with Gasteiger partial charge in [-0.1, -0.05) is 18.9 Å². The molecule has 4 nitrogen and oxygen atoms in total. The third-order valence-corrected chi connectivity index (χ3v) is 5.33. The smallest absolute Gasteiger partial charge is 0.220 e. The molecule has 1 N–H and O–H groups in total. The highest BCUT2D eigenvalue weighted by atomic mass is 16.1. The summed E-state index contributed by atoms with van der Waals surface area (Å²) in [5.74, 6) is 0.764. The first kappa shape index (κ1) is 17.4. The molecular formula is C20H31N3O. The Kier molecular flexibility index (Phi) is 6.24. The Bertz CT molecular complexity index is 533. The summed E-state index contributed by atoms with van der Waals surface area (Å²) in [7, 11) is 0. The van der Waals surface area contributed by atoms with Gasteiger partial charge in [0, 0.05) is 12.6 Å². The van der Waals surface area contributed by atoms with Crippen molar-refractivity contribution >= 4 is 5.91 Å². The average molecular weight is 329 g/mol. The Morgan fingerprint density at radius 3 is 2.71 bits per heavy atom. The number of nitrogens with zero attached hydrogens (tertiary/aromatic N) is 2. The largest absolute Gasteiger partial charge is 0.347 e. The van der Waals surface area contributed by atoms with Crippen LogP contribution in [0.15, 0.2) is 18.3 Å². The molecule has 0 radical (unpaired) electrons. The molecule has 3 rings (SSSR count). The molecule has 24 heavy (non-hydrogen) atoms. The van der Waals surface area contributed by atoms with E-state index in [1.165, 1.54) is 57.2 Å². The molecule has 0 aromatic carbocycles. The summed E-state index contributed by atoms with van der Waals surface area (Å²) in [5, 5.41) is 3.27. The van der Waals surface area contributed by atoms with Crippen LogP contribution in [0.5, 0.6) is 0 Å². The lowest BCUT2D eigenvalue weighted by molar-refractivity contribution is -0.122. The molecule has 1 aliphatic carbocycles. The lowest BCUT2D eigenvalue weighted by atomic mass is 10.0. The van der Waals surface area contributed by atoms with Gasteiger partial charge in [-0.05, 0) is 76.2 Å². The molecule has 2 heterocycles. The number of aryl methyl sites for hydroxylation is 1. The second kappa shape index (κ2) is 8.61. The SMILES string of the molecule is Cc1cccnc1[C@@H](NC(=O)CCCN1CCCCCC1)C1CC1. The van der Waals surface area contributed by atoms with Gasteiger partial charge in [0.25, 0.3) is 0 Å². The van der Waals surface area contributed by atoms with Gasteiger partial charge in [-0.25, -0.2) is 0 Å². The Labute approximate surface area is 146 Å². The highest BCUT2D eigenvalue weighted by Crippen LogP contribution is 2.41. The number of hydrogen-bond donors (Lipinski definition) is 1. The molecule has 1 amide bonds. The summed E-state index contributed by atoms with van der Waals surface area (Å²) in [5.41, 5.74) is 2.24. The molecule has 0 unspecified atom stereocenters. The number of amides is 1. The fraction of sp³-hybridized carbons (Fsp3) is 0.700. The molecule has 0 bridgehead atoms. The minimum absolute atomic E-state index is 0.108. The highest BCUT2D eigenvalue weighted by Gasteiger charge is 2.34. The van der Waals surface area contributed by atoms with Gasteiger partial charge >= 0.3 is 0 Å². The van der Waals surface area contributed by atoms with Gasteiger partial charge in [0.2, 0.25) is 5.91 Å². The number of nitrogens with one attached hydrogen (secondary N) is 1. The van der Waals surface area contributed by atoms with E-state index in [1.807, 2.05) is 12.3 Å². The second-order valence-electron chi connectivity index (χ2n) is 7.45. The van der Waals surface area contributed by atoms with Crippen LogP contribution < -0.4 is 5.32 Å². The molecule has 1 aliphatic heterocycles. The predicted octanol–water partition coefficient (Wildman–Crippen LogP) is 3.61. The normalized spacial score (nSPS) is 20.4. The number of likely N-dealkylation sites (tertiary alicyclic amines) is 1. The van der Waals surface area contributed by atoms with Gasteiger partial charge < -0.3 is 10.2 Å². The molecule has 132 valence electrons. The van der Waals surface area contributed by atoms with E-state index in [0.717, 1.165) is 18.7 Å². The fourth-order valence-electron chi connectivity index (χ4n) is 3.73. The first-order chi connectivity index (χ1) is 11.7. The van der Waals surface area contributed by atoms with Crippen LogP contribution in [0.25, 0.3) is 0 Å². The molecule has 1 aromatic rings. The van der Waals surface area contributed by atoms with Crippen molar-refractivity contribution in [2.24, 2.45) is 5.92 Å². The monoisotopic (exact) mass is 329 g/mol. The Morgan fingerprint density at radius 1 is 1.29 bits per heavy atom. The Balaban J connectivity index is 1.47. The Morgan fingerprint density at radius 2 is 2.04 bits per heavy atom. The maximum Gasteiger partial charge on any atom is 0.220 e. The molecule has 4 heteroatoms. The zero-order chi connectivity index (χ0) is 16.8. The maximum absolute atomic E-state index is 12.4. The summed E-state index contributed by atoms with van der Waals surface area (Å²) >= 11 is 0. The number of carbonyl (C=O) groups is 1. The van der Waals surface area contributed by atoms with E-state index in [9.17, 15) is 4.79 Å². The van der Waals surface area contributed by atoms with Crippen LogP contribution in [0.2, 0.25) is 0 Å². The van der Waals surface area contributed by atoms with Crippen LogP contribution >= 0.6 is 0 Å². The number of hydrogen-bond acceptors (Lipinski definition) is 3. The van der Waals surface area contributed by atoms with Crippen LogP contribution in [0, 0.1) is 12.8 Å². The standard InChI is InChI=1S/C20H31N3O/c1-16-8-6-12-21-19(16)20(17-10-11-17)22-18(24)9-7-15-23-13-4-2-3-5-14-23/h6,8,12,17,20H,2-5,7,9-11,13-15H2,1H3,(H,22,24)/t20-/m0/s1. The molecule has 1 aromatic heterocycles. The summed E-state index contributed by atoms with van der Waals surface area (Å²) in [6, 6.07) is 4.16. The molecule has 0 spiro atoms. The van der Waals surface area contributed by atoms with E-state index in [1.54, 1.807) is 0 Å².